The van der Waals surface area contributed by atoms with E-state index in [4.69, 9.17) is 5.41 Å². The number of nitroso groups, excluding NO2 is 1. The van der Waals surface area contributed by atoms with Crippen molar-refractivity contribution in [2.24, 2.45) is 5.29 Å². The second kappa shape index (κ2) is 5.01. The number of rotatable bonds is 2. The summed E-state index contributed by atoms with van der Waals surface area (Å²) in [6.07, 6.45) is 0. The molecule has 1 amide bonds. The maximum Gasteiger partial charge on any atom is 0.257 e. The Balaban J connectivity index is 2.69. The van der Waals surface area contributed by atoms with Crippen molar-refractivity contribution in [3.05, 3.63) is 40.3 Å². The first-order chi connectivity index (χ1) is 7.54. The smallest absolute Gasteiger partial charge is 0.257 e. The van der Waals surface area contributed by atoms with Gasteiger partial charge in [0.05, 0.1) is 5.29 Å². The summed E-state index contributed by atoms with van der Waals surface area (Å²) < 4.78 is 0. The van der Waals surface area contributed by atoms with Crippen LogP contribution in [0.25, 0.3) is 0 Å². The number of hydrogen-bond acceptors (Lipinski definition) is 4. The Kier molecular flexibility index (Phi) is 3.71. The van der Waals surface area contributed by atoms with Crippen molar-refractivity contribution in [3.8, 4) is 0 Å². The molecule has 1 rings (SSSR count). The van der Waals surface area contributed by atoms with Gasteiger partial charge in [0.1, 0.15) is 0 Å². The largest absolute Gasteiger partial charge is 0.291 e. The van der Waals surface area contributed by atoms with E-state index < -0.39 is 5.91 Å². The molecule has 16 heavy (non-hydrogen) atoms. The van der Waals surface area contributed by atoms with E-state index in [0.29, 0.717) is 5.56 Å². The van der Waals surface area contributed by atoms with Crippen molar-refractivity contribution in [2.75, 3.05) is 7.05 Å². The topological polar surface area (TPSA) is 85.6 Å². The fourth-order valence-corrected chi connectivity index (χ4v) is 1.01. The summed E-state index contributed by atoms with van der Waals surface area (Å²) in [4.78, 5) is 21.7. The molecule has 0 atom stereocenters. The van der Waals surface area contributed by atoms with Gasteiger partial charge in [-0.1, -0.05) is 17.7 Å². The van der Waals surface area contributed by atoms with Crippen LogP contribution in [0.2, 0.25) is 0 Å². The predicted octanol–water partition coefficient (Wildman–Crippen LogP) is 1.27. The normalized spacial score (nSPS) is 9.38. The summed E-state index contributed by atoms with van der Waals surface area (Å²) in [7, 11) is 1.28. The molecule has 0 aliphatic heterocycles. The third-order valence-corrected chi connectivity index (χ3v) is 1.99. The Morgan fingerprint density at radius 2 is 1.94 bits per heavy atom. The highest BCUT2D eigenvalue weighted by atomic mass is 16.3. The molecule has 0 saturated carbocycles. The third-order valence-electron chi connectivity index (χ3n) is 1.99. The summed E-state index contributed by atoms with van der Waals surface area (Å²) in [5.41, 5.74) is 1.47. The quantitative estimate of drug-likeness (QED) is 0.340. The molecular formula is C10H12N4O2. The van der Waals surface area contributed by atoms with Gasteiger partial charge < -0.3 is 0 Å². The van der Waals surface area contributed by atoms with Crippen molar-refractivity contribution in [1.82, 2.24) is 10.3 Å². The lowest BCUT2D eigenvalue weighted by Crippen LogP contribution is -2.38. The number of nitrogens with one attached hydrogen (secondary N) is 2. The minimum Gasteiger partial charge on any atom is -0.291 e. The summed E-state index contributed by atoms with van der Waals surface area (Å²) in [5, 5.41) is 12.8. The van der Waals surface area contributed by atoms with E-state index in [1.807, 2.05) is 6.92 Å². The number of guanidine groups is 1. The van der Waals surface area contributed by atoms with Gasteiger partial charge in [0, 0.05) is 12.6 Å². The van der Waals surface area contributed by atoms with Crippen molar-refractivity contribution < 1.29 is 4.79 Å². The van der Waals surface area contributed by atoms with E-state index in [1.165, 1.54) is 7.05 Å². The molecule has 0 aliphatic rings. The lowest BCUT2D eigenvalue weighted by atomic mass is 10.1. The van der Waals surface area contributed by atoms with Crippen LogP contribution in [0.1, 0.15) is 15.9 Å². The van der Waals surface area contributed by atoms with Gasteiger partial charge >= 0.3 is 0 Å². The maximum absolute atomic E-state index is 11.6. The first kappa shape index (κ1) is 11.8. The minimum atomic E-state index is -0.444. The van der Waals surface area contributed by atoms with Gasteiger partial charge in [-0.15, -0.1) is 4.91 Å². The Labute approximate surface area is 92.7 Å². The van der Waals surface area contributed by atoms with Crippen LogP contribution >= 0.6 is 0 Å². The number of carbonyl (C=O) groups is 1. The summed E-state index contributed by atoms with van der Waals surface area (Å²) in [5.74, 6) is -0.805. The van der Waals surface area contributed by atoms with Crippen molar-refractivity contribution >= 4 is 11.9 Å². The van der Waals surface area contributed by atoms with Gasteiger partial charge in [0.15, 0.2) is 0 Å². The zero-order valence-electron chi connectivity index (χ0n) is 9.02. The van der Waals surface area contributed by atoms with Crippen molar-refractivity contribution in [2.45, 2.75) is 6.92 Å². The Morgan fingerprint density at radius 3 is 2.44 bits per heavy atom. The maximum atomic E-state index is 11.6. The number of carbonyl (C=O) groups excluding carboxylic acids is 1. The monoisotopic (exact) mass is 220 g/mol. The van der Waals surface area contributed by atoms with Crippen LogP contribution in [0, 0.1) is 17.2 Å². The molecular weight excluding hydrogens is 208 g/mol. The van der Waals surface area contributed by atoms with Crippen LogP contribution in [0.5, 0.6) is 0 Å². The molecule has 0 aliphatic carbocycles. The van der Waals surface area contributed by atoms with E-state index in [1.54, 1.807) is 24.3 Å². The lowest BCUT2D eigenvalue weighted by Gasteiger charge is -2.10. The zero-order chi connectivity index (χ0) is 12.1. The molecule has 2 N–H and O–H groups in total. The van der Waals surface area contributed by atoms with Crippen LogP contribution in [0.4, 0.5) is 0 Å². The average Bonchev–Trinajstić information content (AvgIpc) is 2.28. The van der Waals surface area contributed by atoms with Crippen molar-refractivity contribution in [3.63, 3.8) is 0 Å². The van der Waals surface area contributed by atoms with Crippen molar-refractivity contribution in [1.29, 1.82) is 5.41 Å². The molecule has 0 radical (unpaired) electrons. The van der Waals surface area contributed by atoms with Crippen LogP contribution in [-0.2, 0) is 0 Å². The standard InChI is InChI=1S/C10H12N4O2/c1-7-3-5-8(6-4-7)9(15)12-10(11)14(2)13-16/h3-6H,1-2H3,(H2,11,12,15). The van der Waals surface area contributed by atoms with Gasteiger partial charge in [0.25, 0.3) is 5.91 Å². The highest BCUT2D eigenvalue weighted by Gasteiger charge is 2.10. The SMILES string of the molecule is Cc1ccc(C(=O)NC(=N)N(C)N=O)cc1. The first-order valence-electron chi connectivity index (χ1n) is 4.58. The zero-order valence-corrected chi connectivity index (χ0v) is 9.02. The summed E-state index contributed by atoms with van der Waals surface area (Å²) in [6.45, 7) is 1.91. The third kappa shape index (κ3) is 2.88. The molecule has 6 heteroatoms. The number of amides is 1. The lowest BCUT2D eigenvalue weighted by molar-refractivity contribution is 0.0972. The molecule has 0 unspecified atom stereocenters. The average molecular weight is 220 g/mol. The fourth-order valence-electron chi connectivity index (χ4n) is 1.01. The first-order valence-corrected chi connectivity index (χ1v) is 4.58. The molecule has 0 bridgehead atoms. The van der Waals surface area contributed by atoms with Gasteiger partial charge in [0.2, 0.25) is 5.96 Å². The van der Waals surface area contributed by atoms with Crippen LogP contribution in [-0.4, -0.2) is 23.9 Å². The summed E-state index contributed by atoms with van der Waals surface area (Å²) in [6, 6.07) is 6.87. The van der Waals surface area contributed by atoms with E-state index in [9.17, 15) is 9.70 Å². The number of benzene rings is 1. The molecule has 0 saturated heterocycles. The molecule has 0 spiro atoms. The number of nitrogens with zero attached hydrogens (tertiary/aromatic N) is 2. The fraction of sp³-hybridized carbons (Fsp3) is 0.200. The molecule has 84 valence electrons. The van der Waals surface area contributed by atoms with Gasteiger partial charge in [-0.25, -0.2) is 5.01 Å². The van der Waals surface area contributed by atoms with E-state index in [-0.39, 0.29) is 5.96 Å². The van der Waals surface area contributed by atoms with E-state index >= 15 is 0 Å². The highest BCUT2D eigenvalue weighted by Crippen LogP contribution is 2.02. The Hall–Kier alpha value is -2.24. The predicted molar refractivity (Wildman–Crippen MR) is 59.9 cm³/mol. The second-order valence-corrected chi connectivity index (χ2v) is 3.27. The molecule has 0 fully saturated rings. The van der Waals surface area contributed by atoms with E-state index in [2.05, 4.69) is 10.6 Å². The molecule has 1 aromatic carbocycles. The molecule has 0 aromatic heterocycles. The van der Waals surface area contributed by atoms with Gasteiger partial charge in [-0.3, -0.25) is 15.5 Å². The summed E-state index contributed by atoms with van der Waals surface area (Å²) >= 11 is 0. The molecule has 6 nitrogen and oxygen atoms in total. The molecule has 1 aromatic rings. The second-order valence-electron chi connectivity index (χ2n) is 3.27. The number of aryl methyl sites for hydroxylation is 1. The molecule has 0 heterocycles. The Morgan fingerprint density at radius 1 is 1.38 bits per heavy atom. The van der Waals surface area contributed by atoms with Gasteiger partial charge in [-0.2, -0.15) is 0 Å². The van der Waals surface area contributed by atoms with Crippen LogP contribution < -0.4 is 5.32 Å². The Bertz CT molecular complexity index is 413. The van der Waals surface area contributed by atoms with E-state index in [0.717, 1.165) is 10.6 Å². The van der Waals surface area contributed by atoms with Crippen LogP contribution in [0.15, 0.2) is 29.6 Å². The van der Waals surface area contributed by atoms with Gasteiger partial charge in [-0.05, 0) is 19.1 Å². The number of hydrogen-bond donors (Lipinski definition) is 2. The van der Waals surface area contributed by atoms with Crippen LogP contribution in [0.3, 0.4) is 0 Å². The highest BCUT2D eigenvalue weighted by molar-refractivity contribution is 6.04. The minimum absolute atomic E-state index is 0.361.